The molecule has 0 aromatic heterocycles. The van der Waals surface area contributed by atoms with E-state index >= 15 is 0 Å². The molecule has 0 saturated carbocycles. The lowest BCUT2D eigenvalue weighted by Gasteiger charge is -2.16. The molecule has 0 aliphatic carbocycles. The first-order valence-corrected chi connectivity index (χ1v) is 5.93. The Morgan fingerprint density at radius 1 is 1.20 bits per heavy atom. The number of methoxy groups -OCH3 is 1. The van der Waals surface area contributed by atoms with Gasteiger partial charge in [-0.25, -0.2) is 0 Å². The molecule has 1 atom stereocenters. The van der Waals surface area contributed by atoms with Gasteiger partial charge in [0.05, 0.1) is 19.3 Å². The van der Waals surface area contributed by atoms with Gasteiger partial charge in [-0.1, -0.05) is 35.0 Å². The van der Waals surface area contributed by atoms with Crippen LogP contribution < -0.4 is 0 Å². The third-order valence-electron chi connectivity index (χ3n) is 2.22. The van der Waals surface area contributed by atoms with E-state index in [9.17, 15) is 0 Å². The van der Waals surface area contributed by atoms with Gasteiger partial charge < -0.3 is 9.47 Å². The van der Waals surface area contributed by atoms with Crippen molar-refractivity contribution >= 4 is 15.9 Å². The minimum atomic E-state index is 0.174. The molecule has 0 aliphatic heterocycles. The van der Waals surface area contributed by atoms with Gasteiger partial charge in [0.1, 0.15) is 0 Å². The van der Waals surface area contributed by atoms with Gasteiger partial charge in [-0.05, 0) is 24.1 Å². The van der Waals surface area contributed by atoms with E-state index in [2.05, 4.69) is 35.0 Å². The molecule has 0 aliphatic rings. The third-order valence-corrected chi connectivity index (χ3v) is 2.75. The minimum Gasteiger partial charge on any atom is -0.382 e. The second-order valence-corrected chi connectivity index (χ2v) is 4.23. The number of hydrogen-bond donors (Lipinski definition) is 0. The van der Waals surface area contributed by atoms with Crippen molar-refractivity contribution in [1.29, 1.82) is 0 Å². The molecule has 0 saturated heterocycles. The highest BCUT2D eigenvalue weighted by Gasteiger charge is 2.08. The Morgan fingerprint density at radius 2 is 1.87 bits per heavy atom. The first-order valence-electron chi connectivity index (χ1n) is 5.14. The second-order valence-electron chi connectivity index (χ2n) is 3.31. The molecule has 0 N–H and O–H groups in total. The number of halogens is 1. The van der Waals surface area contributed by atoms with Crippen LogP contribution in [-0.4, -0.2) is 20.3 Å². The predicted molar refractivity (Wildman–Crippen MR) is 65.0 cm³/mol. The fourth-order valence-electron chi connectivity index (χ4n) is 1.40. The lowest BCUT2D eigenvalue weighted by molar-refractivity contribution is 0.0145. The molecule has 1 aromatic carbocycles. The van der Waals surface area contributed by atoms with Crippen LogP contribution in [0.1, 0.15) is 25.0 Å². The van der Waals surface area contributed by atoms with Crippen molar-refractivity contribution in [1.82, 2.24) is 0 Å². The average Bonchev–Trinajstić information content (AvgIpc) is 2.26. The van der Waals surface area contributed by atoms with Gasteiger partial charge in [-0.15, -0.1) is 0 Å². The van der Waals surface area contributed by atoms with Crippen molar-refractivity contribution in [3.05, 3.63) is 34.3 Å². The molecule has 0 bridgehead atoms. The summed E-state index contributed by atoms with van der Waals surface area (Å²) in [6, 6.07) is 8.26. The van der Waals surface area contributed by atoms with E-state index in [1.54, 1.807) is 7.11 Å². The average molecular weight is 273 g/mol. The van der Waals surface area contributed by atoms with Crippen molar-refractivity contribution in [2.75, 3.05) is 20.3 Å². The summed E-state index contributed by atoms with van der Waals surface area (Å²) in [5, 5.41) is 0. The number of hydrogen-bond acceptors (Lipinski definition) is 2. The molecule has 84 valence electrons. The summed E-state index contributed by atoms with van der Waals surface area (Å²) in [5.41, 5.74) is 1.22. The van der Waals surface area contributed by atoms with Crippen LogP contribution in [0, 0.1) is 0 Å². The minimum absolute atomic E-state index is 0.174. The molecule has 2 nitrogen and oxygen atoms in total. The van der Waals surface area contributed by atoms with Crippen molar-refractivity contribution in [3.63, 3.8) is 0 Å². The molecule has 0 fully saturated rings. The Labute approximate surface area is 99.7 Å². The highest BCUT2D eigenvalue weighted by Crippen LogP contribution is 2.22. The van der Waals surface area contributed by atoms with Gasteiger partial charge in [-0.3, -0.25) is 0 Å². The van der Waals surface area contributed by atoms with Gasteiger partial charge in [-0.2, -0.15) is 0 Å². The zero-order valence-corrected chi connectivity index (χ0v) is 10.8. The lowest BCUT2D eigenvalue weighted by atomic mass is 10.1. The molecule has 0 radical (unpaired) electrons. The Morgan fingerprint density at radius 3 is 2.40 bits per heavy atom. The van der Waals surface area contributed by atoms with Crippen LogP contribution in [0.15, 0.2) is 28.7 Å². The van der Waals surface area contributed by atoms with Gasteiger partial charge in [0.2, 0.25) is 0 Å². The van der Waals surface area contributed by atoms with Crippen LogP contribution in [0.3, 0.4) is 0 Å². The molecule has 0 amide bonds. The Kier molecular flexibility index (Phi) is 5.91. The van der Waals surface area contributed by atoms with Crippen LogP contribution in [0.5, 0.6) is 0 Å². The van der Waals surface area contributed by atoms with Crippen LogP contribution in [0.25, 0.3) is 0 Å². The summed E-state index contributed by atoms with van der Waals surface area (Å²) >= 11 is 3.42. The van der Waals surface area contributed by atoms with E-state index < -0.39 is 0 Å². The molecule has 3 heteroatoms. The highest BCUT2D eigenvalue weighted by molar-refractivity contribution is 9.10. The monoisotopic (exact) mass is 272 g/mol. The third kappa shape index (κ3) is 4.33. The van der Waals surface area contributed by atoms with Gasteiger partial charge in [0.15, 0.2) is 0 Å². The summed E-state index contributed by atoms with van der Waals surface area (Å²) in [5.74, 6) is 0. The zero-order chi connectivity index (χ0) is 11.1. The lowest BCUT2D eigenvalue weighted by Crippen LogP contribution is -2.08. The number of ether oxygens (including phenoxy) is 2. The summed E-state index contributed by atoms with van der Waals surface area (Å²) < 4.78 is 11.8. The quantitative estimate of drug-likeness (QED) is 0.738. The number of benzene rings is 1. The van der Waals surface area contributed by atoms with Crippen LogP contribution in [0.4, 0.5) is 0 Å². The van der Waals surface area contributed by atoms with Crippen LogP contribution >= 0.6 is 15.9 Å². The van der Waals surface area contributed by atoms with Crippen LogP contribution in [0.2, 0.25) is 0 Å². The van der Waals surface area contributed by atoms with Gasteiger partial charge in [0, 0.05) is 11.6 Å². The first kappa shape index (κ1) is 12.7. The number of rotatable bonds is 6. The molecular formula is C12H17BrO2. The van der Waals surface area contributed by atoms with E-state index in [-0.39, 0.29) is 6.10 Å². The summed E-state index contributed by atoms with van der Waals surface area (Å²) in [4.78, 5) is 0. The van der Waals surface area contributed by atoms with Crippen molar-refractivity contribution in [3.8, 4) is 0 Å². The Hall–Kier alpha value is -0.380. The van der Waals surface area contributed by atoms with Gasteiger partial charge >= 0.3 is 0 Å². The first-order chi connectivity index (χ1) is 7.27. The fourth-order valence-corrected chi connectivity index (χ4v) is 1.67. The molecule has 1 rings (SSSR count). The Bertz CT molecular complexity index is 271. The van der Waals surface area contributed by atoms with E-state index in [1.165, 1.54) is 5.56 Å². The van der Waals surface area contributed by atoms with Crippen molar-refractivity contribution < 1.29 is 9.47 Å². The molecule has 0 heterocycles. The summed E-state index contributed by atoms with van der Waals surface area (Å²) in [6.45, 7) is 3.41. The SMILES string of the molecule is CCC(OCCOC)c1ccc(Br)cc1. The summed E-state index contributed by atoms with van der Waals surface area (Å²) in [6.07, 6.45) is 1.15. The van der Waals surface area contributed by atoms with E-state index in [1.807, 2.05) is 12.1 Å². The maximum Gasteiger partial charge on any atom is 0.0823 e. The molecule has 15 heavy (non-hydrogen) atoms. The van der Waals surface area contributed by atoms with E-state index in [0.717, 1.165) is 10.9 Å². The van der Waals surface area contributed by atoms with Crippen molar-refractivity contribution in [2.45, 2.75) is 19.4 Å². The standard InChI is InChI=1S/C12H17BrO2/c1-3-12(15-9-8-14-2)10-4-6-11(13)7-5-10/h4-7,12H,3,8-9H2,1-2H3. The van der Waals surface area contributed by atoms with Gasteiger partial charge in [0.25, 0.3) is 0 Å². The van der Waals surface area contributed by atoms with Crippen LogP contribution in [-0.2, 0) is 9.47 Å². The molecule has 0 spiro atoms. The smallest absolute Gasteiger partial charge is 0.0823 e. The summed E-state index contributed by atoms with van der Waals surface area (Å²) in [7, 11) is 1.68. The fraction of sp³-hybridized carbons (Fsp3) is 0.500. The normalized spacial score (nSPS) is 12.7. The topological polar surface area (TPSA) is 18.5 Å². The molecule has 1 aromatic rings. The zero-order valence-electron chi connectivity index (χ0n) is 9.20. The molecule has 1 unspecified atom stereocenters. The highest BCUT2D eigenvalue weighted by atomic mass is 79.9. The molecular weight excluding hydrogens is 256 g/mol. The largest absolute Gasteiger partial charge is 0.382 e. The van der Waals surface area contributed by atoms with Crippen molar-refractivity contribution in [2.24, 2.45) is 0 Å². The maximum atomic E-state index is 5.72. The van der Waals surface area contributed by atoms with E-state index in [4.69, 9.17) is 9.47 Å². The second kappa shape index (κ2) is 6.99. The van der Waals surface area contributed by atoms with E-state index in [0.29, 0.717) is 13.2 Å². The Balaban J connectivity index is 2.53. The maximum absolute atomic E-state index is 5.72. The predicted octanol–water partition coefficient (Wildman–Crippen LogP) is 3.56.